The number of nitrogens with zero attached hydrogens (tertiary/aromatic N) is 1. The lowest BCUT2D eigenvalue weighted by molar-refractivity contribution is -0.118. The van der Waals surface area contributed by atoms with Crippen molar-refractivity contribution in [2.45, 2.75) is 24.7 Å². The van der Waals surface area contributed by atoms with E-state index in [0.717, 1.165) is 24.4 Å². The third-order valence-corrected chi connectivity index (χ3v) is 3.54. The van der Waals surface area contributed by atoms with Gasteiger partial charge in [-0.15, -0.1) is 11.8 Å². The summed E-state index contributed by atoms with van der Waals surface area (Å²) in [7, 11) is 0. The Bertz CT molecular complexity index is 364. The number of amides is 1. The summed E-state index contributed by atoms with van der Waals surface area (Å²) in [5.74, 6) is 1.26. The standard InChI is InChI=1S/C12H15NOS/c1-2-5-12(14)13-8-9-15-11-7-4-3-6-10(11)13/h3-4,6-7H,2,5,8-9H2,1H3. The van der Waals surface area contributed by atoms with Crippen molar-refractivity contribution in [1.29, 1.82) is 0 Å². The molecule has 1 aliphatic heterocycles. The minimum atomic E-state index is 0.255. The van der Waals surface area contributed by atoms with Crippen LogP contribution in [0.5, 0.6) is 0 Å². The zero-order valence-electron chi connectivity index (χ0n) is 8.90. The topological polar surface area (TPSA) is 20.3 Å². The number of hydrogen-bond donors (Lipinski definition) is 0. The number of fused-ring (bicyclic) bond motifs is 1. The fourth-order valence-electron chi connectivity index (χ4n) is 1.78. The Morgan fingerprint density at radius 1 is 1.47 bits per heavy atom. The van der Waals surface area contributed by atoms with E-state index in [1.54, 1.807) is 0 Å². The van der Waals surface area contributed by atoms with Crippen LogP contribution in [-0.4, -0.2) is 18.2 Å². The van der Waals surface area contributed by atoms with Crippen molar-refractivity contribution < 1.29 is 4.79 Å². The van der Waals surface area contributed by atoms with Gasteiger partial charge in [-0.05, 0) is 18.6 Å². The van der Waals surface area contributed by atoms with Gasteiger partial charge in [0.1, 0.15) is 0 Å². The average Bonchev–Trinajstić information content (AvgIpc) is 2.28. The Labute approximate surface area is 94.7 Å². The lowest BCUT2D eigenvalue weighted by atomic mass is 10.2. The van der Waals surface area contributed by atoms with Crippen molar-refractivity contribution >= 4 is 23.4 Å². The number of hydrogen-bond acceptors (Lipinski definition) is 2. The molecular formula is C12H15NOS. The Kier molecular flexibility index (Phi) is 3.31. The molecule has 0 unspecified atom stereocenters. The van der Waals surface area contributed by atoms with Crippen molar-refractivity contribution in [3.05, 3.63) is 24.3 Å². The van der Waals surface area contributed by atoms with Gasteiger partial charge in [-0.25, -0.2) is 0 Å². The van der Waals surface area contributed by atoms with E-state index in [2.05, 4.69) is 6.07 Å². The highest BCUT2D eigenvalue weighted by molar-refractivity contribution is 7.99. The molecule has 0 spiro atoms. The number of carbonyl (C=O) groups is 1. The molecule has 15 heavy (non-hydrogen) atoms. The first-order valence-corrected chi connectivity index (χ1v) is 6.33. The van der Waals surface area contributed by atoms with E-state index in [-0.39, 0.29) is 5.91 Å². The third-order valence-electron chi connectivity index (χ3n) is 2.49. The molecule has 0 bridgehead atoms. The smallest absolute Gasteiger partial charge is 0.227 e. The first-order valence-electron chi connectivity index (χ1n) is 5.35. The molecule has 0 radical (unpaired) electrons. The Hall–Kier alpha value is -0.960. The van der Waals surface area contributed by atoms with Crippen LogP contribution in [0.3, 0.4) is 0 Å². The lowest BCUT2D eigenvalue weighted by Crippen LogP contribution is -2.35. The highest BCUT2D eigenvalue weighted by atomic mass is 32.2. The van der Waals surface area contributed by atoms with Crippen molar-refractivity contribution in [3.8, 4) is 0 Å². The van der Waals surface area contributed by atoms with E-state index in [9.17, 15) is 4.79 Å². The molecule has 0 N–H and O–H groups in total. The molecule has 0 aliphatic carbocycles. The van der Waals surface area contributed by atoms with Crippen LogP contribution >= 0.6 is 11.8 Å². The van der Waals surface area contributed by atoms with E-state index in [1.807, 2.05) is 41.8 Å². The molecule has 0 fully saturated rings. The van der Waals surface area contributed by atoms with Crippen molar-refractivity contribution in [2.75, 3.05) is 17.2 Å². The summed E-state index contributed by atoms with van der Waals surface area (Å²) in [6.07, 6.45) is 1.57. The SMILES string of the molecule is CCCC(=O)N1CCSc2ccccc21. The average molecular weight is 221 g/mol. The first-order chi connectivity index (χ1) is 7.33. The molecule has 80 valence electrons. The van der Waals surface area contributed by atoms with Gasteiger partial charge in [-0.1, -0.05) is 19.1 Å². The summed E-state index contributed by atoms with van der Waals surface area (Å²) >= 11 is 1.83. The second-order valence-corrected chi connectivity index (χ2v) is 4.75. The van der Waals surface area contributed by atoms with Crippen molar-refractivity contribution in [3.63, 3.8) is 0 Å². The van der Waals surface area contributed by atoms with Gasteiger partial charge in [0.2, 0.25) is 5.91 Å². The number of anilines is 1. The monoisotopic (exact) mass is 221 g/mol. The molecule has 3 heteroatoms. The lowest BCUT2D eigenvalue weighted by Gasteiger charge is -2.28. The summed E-state index contributed by atoms with van der Waals surface area (Å²) in [5, 5.41) is 0. The van der Waals surface area contributed by atoms with Gasteiger partial charge in [0.25, 0.3) is 0 Å². The molecular weight excluding hydrogens is 206 g/mol. The molecule has 0 atom stereocenters. The Morgan fingerprint density at radius 2 is 2.27 bits per heavy atom. The van der Waals surface area contributed by atoms with Crippen LogP contribution in [0.1, 0.15) is 19.8 Å². The quantitative estimate of drug-likeness (QED) is 0.765. The number of benzene rings is 1. The zero-order chi connectivity index (χ0) is 10.7. The fraction of sp³-hybridized carbons (Fsp3) is 0.417. The fourth-order valence-corrected chi connectivity index (χ4v) is 2.77. The summed E-state index contributed by atoms with van der Waals surface area (Å²) in [4.78, 5) is 15.0. The molecule has 0 saturated heterocycles. The normalized spacial score (nSPS) is 14.9. The van der Waals surface area contributed by atoms with Crippen LogP contribution < -0.4 is 4.90 Å². The van der Waals surface area contributed by atoms with E-state index in [1.165, 1.54) is 4.90 Å². The van der Waals surface area contributed by atoms with E-state index < -0.39 is 0 Å². The Balaban J connectivity index is 2.25. The minimum absolute atomic E-state index is 0.255. The number of rotatable bonds is 2. The highest BCUT2D eigenvalue weighted by Crippen LogP contribution is 2.34. The summed E-state index contributed by atoms with van der Waals surface area (Å²) in [6.45, 7) is 2.89. The second kappa shape index (κ2) is 4.71. The molecule has 2 nitrogen and oxygen atoms in total. The molecule has 1 heterocycles. The predicted molar refractivity (Wildman–Crippen MR) is 64.4 cm³/mol. The number of para-hydroxylation sites is 1. The molecule has 1 aromatic rings. The van der Waals surface area contributed by atoms with Crippen LogP contribution in [0.4, 0.5) is 5.69 Å². The van der Waals surface area contributed by atoms with E-state index >= 15 is 0 Å². The van der Waals surface area contributed by atoms with Crippen LogP contribution in [0.25, 0.3) is 0 Å². The van der Waals surface area contributed by atoms with Crippen LogP contribution in [0, 0.1) is 0 Å². The molecule has 2 rings (SSSR count). The molecule has 1 amide bonds. The number of carbonyl (C=O) groups excluding carboxylic acids is 1. The summed E-state index contributed by atoms with van der Waals surface area (Å²) < 4.78 is 0. The Morgan fingerprint density at radius 3 is 3.07 bits per heavy atom. The molecule has 0 aromatic heterocycles. The third kappa shape index (κ3) is 2.17. The minimum Gasteiger partial charge on any atom is -0.310 e. The maximum atomic E-state index is 11.9. The maximum absolute atomic E-state index is 11.9. The summed E-state index contributed by atoms with van der Waals surface area (Å²) in [6, 6.07) is 8.15. The predicted octanol–water partition coefficient (Wildman–Crippen LogP) is 2.93. The van der Waals surface area contributed by atoms with Gasteiger partial charge in [-0.2, -0.15) is 0 Å². The van der Waals surface area contributed by atoms with Gasteiger partial charge < -0.3 is 4.90 Å². The van der Waals surface area contributed by atoms with Crippen LogP contribution in [0.2, 0.25) is 0 Å². The van der Waals surface area contributed by atoms with Gasteiger partial charge in [0.15, 0.2) is 0 Å². The molecule has 0 saturated carbocycles. The van der Waals surface area contributed by atoms with Crippen LogP contribution in [-0.2, 0) is 4.79 Å². The second-order valence-electron chi connectivity index (χ2n) is 3.61. The zero-order valence-corrected chi connectivity index (χ0v) is 9.72. The van der Waals surface area contributed by atoms with Gasteiger partial charge in [0, 0.05) is 23.6 Å². The van der Waals surface area contributed by atoms with E-state index in [0.29, 0.717) is 6.42 Å². The maximum Gasteiger partial charge on any atom is 0.227 e. The first kappa shape index (κ1) is 10.6. The van der Waals surface area contributed by atoms with Crippen molar-refractivity contribution in [1.82, 2.24) is 0 Å². The van der Waals surface area contributed by atoms with Crippen LogP contribution in [0.15, 0.2) is 29.2 Å². The van der Waals surface area contributed by atoms with Gasteiger partial charge in [-0.3, -0.25) is 4.79 Å². The van der Waals surface area contributed by atoms with E-state index in [4.69, 9.17) is 0 Å². The summed E-state index contributed by atoms with van der Waals surface area (Å²) in [5.41, 5.74) is 1.09. The number of thioether (sulfide) groups is 1. The van der Waals surface area contributed by atoms with Gasteiger partial charge >= 0.3 is 0 Å². The largest absolute Gasteiger partial charge is 0.310 e. The van der Waals surface area contributed by atoms with Crippen molar-refractivity contribution in [2.24, 2.45) is 0 Å². The molecule has 1 aliphatic rings. The molecule has 1 aromatic carbocycles. The van der Waals surface area contributed by atoms with Gasteiger partial charge in [0.05, 0.1) is 5.69 Å². The highest BCUT2D eigenvalue weighted by Gasteiger charge is 2.21.